The van der Waals surface area contributed by atoms with Crippen LogP contribution in [0.5, 0.6) is 0 Å². The molecule has 1 heterocycles. The molecule has 0 radical (unpaired) electrons. The van der Waals surface area contributed by atoms with E-state index in [1.54, 1.807) is 31.2 Å². The van der Waals surface area contributed by atoms with E-state index < -0.39 is 10.4 Å². The molecule has 3 nitrogen and oxygen atoms in total. The van der Waals surface area contributed by atoms with Crippen molar-refractivity contribution in [1.82, 2.24) is 5.32 Å². The molecular formula is C17H13BrFNO2. The zero-order valence-electron chi connectivity index (χ0n) is 11.7. The van der Waals surface area contributed by atoms with E-state index in [-0.39, 0.29) is 11.4 Å². The molecule has 3 rings (SSSR count). The number of allylic oxidation sites excluding steroid dienone is 2. The van der Waals surface area contributed by atoms with Crippen LogP contribution in [-0.2, 0) is 4.79 Å². The van der Waals surface area contributed by atoms with Crippen molar-refractivity contribution in [2.75, 3.05) is 0 Å². The number of nitrogens with one attached hydrogen (secondary N) is 1. The highest BCUT2D eigenvalue weighted by atomic mass is 79.9. The van der Waals surface area contributed by atoms with Gasteiger partial charge in [-0.15, -0.1) is 0 Å². The SMILES string of the molecule is CC1=C(c2ccc(F)cc2)NC2(Br)C=CC=CC2=C1C(=O)O. The van der Waals surface area contributed by atoms with Gasteiger partial charge in [0.05, 0.1) is 5.57 Å². The Kier molecular flexibility index (Phi) is 3.53. The summed E-state index contributed by atoms with van der Waals surface area (Å²) in [6.45, 7) is 1.75. The Morgan fingerprint density at radius 2 is 1.95 bits per heavy atom. The fraction of sp³-hybridized carbons (Fsp3) is 0.118. The van der Waals surface area contributed by atoms with Gasteiger partial charge in [0.2, 0.25) is 0 Å². The Labute approximate surface area is 135 Å². The summed E-state index contributed by atoms with van der Waals surface area (Å²) in [5, 5.41) is 12.9. The maximum atomic E-state index is 13.1. The quantitative estimate of drug-likeness (QED) is 0.622. The van der Waals surface area contributed by atoms with E-state index in [4.69, 9.17) is 0 Å². The third-order valence-electron chi connectivity index (χ3n) is 3.76. The average Bonchev–Trinajstić information content (AvgIpc) is 2.47. The number of fused-ring (bicyclic) bond motifs is 1. The zero-order chi connectivity index (χ0) is 15.9. The first-order chi connectivity index (χ1) is 10.4. The van der Waals surface area contributed by atoms with Crippen LogP contribution in [-0.4, -0.2) is 15.5 Å². The van der Waals surface area contributed by atoms with Crippen LogP contribution in [0.3, 0.4) is 0 Å². The van der Waals surface area contributed by atoms with Crippen molar-refractivity contribution in [1.29, 1.82) is 0 Å². The third kappa shape index (κ3) is 2.31. The Hall–Kier alpha value is -2.14. The molecule has 0 aromatic heterocycles. The molecule has 2 N–H and O–H groups in total. The van der Waals surface area contributed by atoms with Gasteiger partial charge in [-0.3, -0.25) is 0 Å². The first-order valence-corrected chi connectivity index (χ1v) is 7.50. The topological polar surface area (TPSA) is 49.3 Å². The second kappa shape index (κ2) is 5.25. The average molecular weight is 362 g/mol. The molecule has 112 valence electrons. The number of dihydropyridines is 1. The lowest BCUT2D eigenvalue weighted by Gasteiger charge is -2.37. The number of hydrogen-bond donors (Lipinski definition) is 2. The first-order valence-electron chi connectivity index (χ1n) is 6.70. The fourth-order valence-electron chi connectivity index (χ4n) is 2.71. The van der Waals surface area contributed by atoms with Gasteiger partial charge in [-0.2, -0.15) is 0 Å². The van der Waals surface area contributed by atoms with E-state index in [1.807, 2.05) is 12.2 Å². The number of hydrogen-bond acceptors (Lipinski definition) is 2. The van der Waals surface area contributed by atoms with Gasteiger partial charge in [0.15, 0.2) is 0 Å². The maximum Gasteiger partial charge on any atom is 0.336 e. The largest absolute Gasteiger partial charge is 0.478 e. The van der Waals surface area contributed by atoms with E-state index in [2.05, 4.69) is 21.2 Å². The number of rotatable bonds is 2. The molecule has 0 bridgehead atoms. The van der Waals surface area contributed by atoms with Crippen LogP contribution in [0, 0.1) is 5.82 Å². The van der Waals surface area contributed by atoms with Crippen LogP contribution >= 0.6 is 15.9 Å². The first kappa shape index (κ1) is 14.8. The molecule has 0 fully saturated rings. The Morgan fingerprint density at radius 1 is 1.27 bits per heavy atom. The van der Waals surface area contributed by atoms with Gasteiger partial charge >= 0.3 is 5.97 Å². The van der Waals surface area contributed by atoms with Crippen LogP contribution in [0.25, 0.3) is 5.70 Å². The summed E-state index contributed by atoms with van der Waals surface area (Å²) in [5.41, 5.74) is 2.90. The lowest BCUT2D eigenvalue weighted by Crippen LogP contribution is -2.43. The highest BCUT2D eigenvalue weighted by Crippen LogP contribution is 2.42. The molecular weight excluding hydrogens is 349 g/mol. The molecule has 1 aromatic carbocycles. The van der Waals surface area contributed by atoms with Crippen molar-refractivity contribution in [2.24, 2.45) is 0 Å². The van der Waals surface area contributed by atoms with Gasteiger partial charge in [0.25, 0.3) is 0 Å². The van der Waals surface area contributed by atoms with Crippen LogP contribution in [0.2, 0.25) is 0 Å². The van der Waals surface area contributed by atoms with Crippen molar-refractivity contribution >= 4 is 27.6 Å². The maximum absolute atomic E-state index is 13.1. The lowest BCUT2D eigenvalue weighted by molar-refractivity contribution is -0.132. The molecule has 1 atom stereocenters. The van der Waals surface area contributed by atoms with Gasteiger partial charge < -0.3 is 10.4 Å². The second-order valence-corrected chi connectivity index (χ2v) is 6.41. The summed E-state index contributed by atoms with van der Waals surface area (Å²) in [6.07, 6.45) is 7.26. The molecule has 22 heavy (non-hydrogen) atoms. The highest BCUT2D eigenvalue weighted by molar-refractivity contribution is 9.10. The van der Waals surface area contributed by atoms with E-state index in [0.29, 0.717) is 16.8 Å². The van der Waals surface area contributed by atoms with E-state index in [0.717, 1.165) is 5.56 Å². The van der Waals surface area contributed by atoms with Gasteiger partial charge in [-0.1, -0.05) is 34.2 Å². The van der Waals surface area contributed by atoms with Crippen molar-refractivity contribution in [3.8, 4) is 0 Å². The van der Waals surface area contributed by atoms with E-state index in [9.17, 15) is 14.3 Å². The van der Waals surface area contributed by atoms with Crippen molar-refractivity contribution in [3.05, 3.63) is 76.7 Å². The summed E-state index contributed by atoms with van der Waals surface area (Å²) in [5.74, 6) is -1.32. The summed E-state index contributed by atoms with van der Waals surface area (Å²) in [6, 6.07) is 5.97. The van der Waals surface area contributed by atoms with Crippen LogP contribution < -0.4 is 5.32 Å². The number of carbonyl (C=O) groups is 1. The molecule has 0 saturated carbocycles. The zero-order valence-corrected chi connectivity index (χ0v) is 13.3. The number of halogens is 2. The fourth-order valence-corrected chi connectivity index (χ4v) is 3.39. The Balaban J connectivity index is 2.23. The lowest BCUT2D eigenvalue weighted by atomic mass is 9.86. The monoisotopic (exact) mass is 361 g/mol. The minimum atomic E-state index is -0.989. The molecule has 1 aliphatic heterocycles. The smallest absolute Gasteiger partial charge is 0.336 e. The number of carboxylic acids is 1. The number of alkyl halides is 1. The number of benzene rings is 1. The second-order valence-electron chi connectivity index (χ2n) is 5.16. The van der Waals surface area contributed by atoms with Gasteiger partial charge in [0, 0.05) is 11.3 Å². The molecule has 5 heteroatoms. The molecule has 1 aromatic rings. The summed E-state index contributed by atoms with van der Waals surface area (Å²) in [7, 11) is 0. The highest BCUT2D eigenvalue weighted by Gasteiger charge is 2.38. The molecule has 0 saturated heterocycles. The van der Waals surface area contributed by atoms with Crippen molar-refractivity contribution in [3.63, 3.8) is 0 Å². The predicted molar refractivity (Wildman–Crippen MR) is 86.7 cm³/mol. The van der Waals surface area contributed by atoms with E-state index >= 15 is 0 Å². The van der Waals surface area contributed by atoms with Crippen LogP contribution in [0.1, 0.15) is 12.5 Å². The standard InChI is InChI=1S/C17H13BrFNO2/c1-10-14(16(21)22)13-4-2-3-9-17(13,18)20-15(10)11-5-7-12(19)8-6-11/h2-9,20H,1H3,(H,21,22). The number of carboxylic acid groups (broad SMARTS) is 1. The minimum Gasteiger partial charge on any atom is -0.478 e. The molecule has 2 aliphatic rings. The van der Waals surface area contributed by atoms with Gasteiger partial charge in [-0.25, -0.2) is 9.18 Å². The normalized spacial score (nSPS) is 23.4. The van der Waals surface area contributed by atoms with Gasteiger partial charge in [-0.05, 0) is 48.4 Å². The molecule has 1 aliphatic carbocycles. The van der Waals surface area contributed by atoms with Crippen LogP contribution in [0.4, 0.5) is 4.39 Å². The summed E-state index contributed by atoms with van der Waals surface area (Å²) >= 11 is 3.58. The molecule has 0 spiro atoms. The van der Waals surface area contributed by atoms with Crippen LogP contribution in [0.15, 0.2) is 65.3 Å². The summed E-state index contributed by atoms with van der Waals surface area (Å²) < 4.78 is 12.4. The third-order valence-corrected chi connectivity index (χ3v) is 4.65. The van der Waals surface area contributed by atoms with Gasteiger partial charge in [0.1, 0.15) is 10.3 Å². The molecule has 0 amide bonds. The Bertz CT molecular complexity index is 774. The summed E-state index contributed by atoms with van der Waals surface area (Å²) in [4.78, 5) is 11.7. The predicted octanol–water partition coefficient (Wildman–Crippen LogP) is 3.76. The Morgan fingerprint density at radius 3 is 2.59 bits per heavy atom. The van der Waals surface area contributed by atoms with Crippen molar-refractivity contribution in [2.45, 2.75) is 11.4 Å². The molecule has 1 unspecified atom stereocenters. The number of aliphatic carboxylic acids is 1. The van der Waals surface area contributed by atoms with Crippen molar-refractivity contribution < 1.29 is 14.3 Å². The minimum absolute atomic E-state index is 0.246. The van der Waals surface area contributed by atoms with E-state index in [1.165, 1.54) is 12.1 Å².